The van der Waals surface area contributed by atoms with E-state index in [0.29, 0.717) is 0 Å². The van der Waals surface area contributed by atoms with Gasteiger partial charge in [-0.2, -0.15) is 0 Å². The Balaban J connectivity index is 2.77. The molecule has 1 rings (SSSR count). The first kappa shape index (κ1) is 11.9. The number of carbonyl (C=O) groups is 2. The van der Waals surface area contributed by atoms with Gasteiger partial charge < -0.3 is 14.9 Å². The summed E-state index contributed by atoms with van der Waals surface area (Å²) >= 11 is 0. The Morgan fingerprint density at radius 3 is 2.19 bits per heavy atom. The van der Waals surface area contributed by atoms with Crippen LogP contribution in [0.25, 0.3) is 0 Å². The van der Waals surface area contributed by atoms with Crippen LogP contribution in [-0.4, -0.2) is 28.4 Å². The number of hydrogen-bond donors (Lipinski definition) is 2. The van der Waals surface area contributed by atoms with E-state index < -0.39 is 18.2 Å². The molecule has 0 saturated heterocycles. The standard InChI is InChI=1S/C11H10O5/c1-2-9(12)16-11(15)8-5-3-7(4-6-8)10(13)14/h2-6,9,12H,1H2,(H,13,14). The minimum atomic E-state index is -1.37. The molecular formula is C11H10O5. The molecule has 1 aromatic rings. The van der Waals surface area contributed by atoms with E-state index in [1.807, 2.05) is 0 Å². The third kappa shape index (κ3) is 2.93. The fourth-order valence-corrected chi connectivity index (χ4v) is 0.975. The van der Waals surface area contributed by atoms with Crippen LogP contribution in [0.4, 0.5) is 0 Å². The summed E-state index contributed by atoms with van der Waals surface area (Å²) in [5, 5.41) is 17.6. The zero-order valence-electron chi connectivity index (χ0n) is 8.29. The van der Waals surface area contributed by atoms with Crippen LogP contribution >= 0.6 is 0 Å². The number of carboxylic acids is 1. The van der Waals surface area contributed by atoms with Crippen molar-refractivity contribution in [1.82, 2.24) is 0 Å². The second-order valence-electron chi connectivity index (χ2n) is 2.91. The van der Waals surface area contributed by atoms with Crippen molar-refractivity contribution in [2.75, 3.05) is 0 Å². The Morgan fingerprint density at radius 1 is 1.25 bits per heavy atom. The molecule has 84 valence electrons. The molecule has 1 aromatic carbocycles. The van der Waals surface area contributed by atoms with Crippen LogP contribution in [0.15, 0.2) is 36.9 Å². The predicted octanol–water partition coefficient (Wildman–Crippen LogP) is 1.05. The van der Waals surface area contributed by atoms with E-state index in [1.54, 1.807) is 0 Å². The predicted molar refractivity (Wildman–Crippen MR) is 55.0 cm³/mol. The number of esters is 1. The molecule has 0 aliphatic heterocycles. The minimum Gasteiger partial charge on any atom is -0.478 e. The van der Waals surface area contributed by atoms with E-state index in [4.69, 9.17) is 10.2 Å². The van der Waals surface area contributed by atoms with Gasteiger partial charge in [-0.1, -0.05) is 6.58 Å². The monoisotopic (exact) mass is 222 g/mol. The quantitative estimate of drug-likeness (QED) is 0.452. The van der Waals surface area contributed by atoms with Crippen LogP contribution in [0, 0.1) is 0 Å². The van der Waals surface area contributed by atoms with E-state index in [0.717, 1.165) is 6.08 Å². The van der Waals surface area contributed by atoms with Crippen molar-refractivity contribution >= 4 is 11.9 Å². The molecule has 0 aromatic heterocycles. The Kier molecular flexibility index (Phi) is 3.79. The first-order valence-corrected chi connectivity index (χ1v) is 4.39. The van der Waals surface area contributed by atoms with Gasteiger partial charge in [-0.15, -0.1) is 0 Å². The second-order valence-corrected chi connectivity index (χ2v) is 2.91. The van der Waals surface area contributed by atoms with Gasteiger partial charge in [0.1, 0.15) is 0 Å². The summed E-state index contributed by atoms with van der Waals surface area (Å²) in [4.78, 5) is 21.9. The van der Waals surface area contributed by atoms with Crippen LogP contribution < -0.4 is 0 Å². The number of carboxylic acid groups (broad SMARTS) is 1. The fraction of sp³-hybridized carbons (Fsp3) is 0.0909. The molecular weight excluding hydrogens is 212 g/mol. The topological polar surface area (TPSA) is 83.8 Å². The molecule has 0 heterocycles. The van der Waals surface area contributed by atoms with Gasteiger partial charge in [0, 0.05) is 0 Å². The summed E-state index contributed by atoms with van der Waals surface area (Å²) in [6.07, 6.45) is -0.310. The second kappa shape index (κ2) is 5.09. The van der Waals surface area contributed by atoms with Crippen LogP contribution in [0.1, 0.15) is 20.7 Å². The zero-order valence-corrected chi connectivity index (χ0v) is 8.29. The van der Waals surface area contributed by atoms with Gasteiger partial charge >= 0.3 is 11.9 Å². The fourth-order valence-electron chi connectivity index (χ4n) is 0.975. The largest absolute Gasteiger partial charge is 0.478 e. The molecule has 5 nitrogen and oxygen atoms in total. The molecule has 0 bridgehead atoms. The number of aromatic carboxylic acids is 1. The first-order chi connectivity index (χ1) is 7.54. The lowest BCUT2D eigenvalue weighted by Gasteiger charge is -2.07. The lowest BCUT2D eigenvalue weighted by molar-refractivity contribution is -0.0350. The minimum absolute atomic E-state index is 0.0702. The van der Waals surface area contributed by atoms with E-state index in [2.05, 4.69) is 11.3 Å². The van der Waals surface area contributed by atoms with Crippen molar-refractivity contribution in [3.63, 3.8) is 0 Å². The summed E-state index contributed by atoms with van der Waals surface area (Å²) in [7, 11) is 0. The highest BCUT2D eigenvalue weighted by molar-refractivity contribution is 5.92. The Hall–Kier alpha value is -2.14. The third-order valence-electron chi connectivity index (χ3n) is 1.80. The highest BCUT2D eigenvalue weighted by Gasteiger charge is 2.11. The molecule has 2 N–H and O–H groups in total. The van der Waals surface area contributed by atoms with Crippen LogP contribution in [-0.2, 0) is 4.74 Å². The van der Waals surface area contributed by atoms with Crippen molar-refractivity contribution < 1.29 is 24.5 Å². The van der Waals surface area contributed by atoms with E-state index in [9.17, 15) is 9.59 Å². The zero-order chi connectivity index (χ0) is 12.1. The Labute approximate surface area is 91.6 Å². The number of ether oxygens (including phenoxy) is 1. The van der Waals surface area contributed by atoms with Crippen molar-refractivity contribution in [2.45, 2.75) is 6.29 Å². The summed E-state index contributed by atoms with van der Waals surface area (Å²) in [5.74, 6) is -1.82. The lowest BCUT2D eigenvalue weighted by Crippen LogP contribution is -2.15. The number of benzene rings is 1. The van der Waals surface area contributed by atoms with Gasteiger partial charge in [0.05, 0.1) is 11.1 Å². The van der Waals surface area contributed by atoms with Crippen LogP contribution in [0.5, 0.6) is 0 Å². The van der Waals surface area contributed by atoms with Gasteiger partial charge in [-0.3, -0.25) is 0 Å². The number of rotatable bonds is 4. The maximum Gasteiger partial charge on any atom is 0.340 e. The molecule has 0 saturated carbocycles. The van der Waals surface area contributed by atoms with Gasteiger partial charge in [-0.05, 0) is 30.3 Å². The summed E-state index contributed by atoms with van der Waals surface area (Å²) < 4.78 is 4.54. The summed E-state index contributed by atoms with van der Waals surface area (Å²) in [6, 6.07) is 5.17. The molecule has 5 heteroatoms. The maximum absolute atomic E-state index is 11.3. The van der Waals surface area contributed by atoms with Crippen molar-refractivity contribution in [1.29, 1.82) is 0 Å². The van der Waals surface area contributed by atoms with E-state index in [1.165, 1.54) is 24.3 Å². The number of hydrogen-bond acceptors (Lipinski definition) is 4. The first-order valence-electron chi connectivity index (χ1n) is 4.39. The van der Waals surface area contributed by atoms with Gasteiger partial charge in [-0.25, -0.2) is 9.59 Å². The number of aliphatic hydroxyl groups is 1. The molecule has 0 amide bonds. The lowest BCUT2D eigenvalue weighted by atomic mass is 10.1. The average Bonchev–Trinajstić information content (AvgIpc) is 2.28. The van der Waals surface area contributed by atoms with Crippen molar-refractivity contribution in [3.05, 3.63) is 48.0 Å². The summed E-state index contributed by atoms with van der Waals surface area (Å²) in [5.41, 5.74) is 0.228. The van der Waals surface area contributed by atoms with Crippen molar-refractivity contribution in [2.24, 2.45) is 0 Å². The number of carbonyl (C=O) groups excluding carboxylic acids is 1. The van der Waals surface area contributed by atoms with Crippen LogP contribution in [0.3, 0.4) is 0 Å². The normalized spacial score (nSPS) is 11.6. The van der Waals surface area contributed by atoms with Gasteiger partial charge in [0.15, 0.2) is 0 Å². The smallest absolute Gasteiger partial charge is 0.340 e. The number of aliphatic hydroxyl groups excluding tert-OH is 1. The van der Waals surface area contributed by atoms with Crippen molar-refractivity contribution in [3.8, 4) is 0 Å². The van der Waals surface area contributed by atoms with Gasteiger partial charge in [0.25, 0.3) is 0 Å². The highest BCUT2D eigenvalue weighted by atomic mass is 16.6. The molecule has 0 aliphatic rings. The molecule has 0 radical (unpaired) electrons. The van der Waals surface area contributed by atoms with E-state index in [-0.39, 0.29) is 11.1 Å². The SMILES string of the molecule is C=CC(O)OC(=O)c1ccc(C(=O)O)cc1. The van der Waals surface area contributed by atoms with E-state index >= 15 is 0 Å². The summed E-state index contributed by atoms with van der Waals surface area (Å²) in [6.45, 7) is 3.24. The highest BCUT2D eigenvalue weighted by Crippen LogP contribution is 2.07. The third-order valence-corrected chi connectivity index (χ3v) is 1.80. The molecule has 0 spiro atoms. The molecule has 1 atom stereocenters. The molecule has 1 unspecified atom stereocenters. The van der Waals surface area contributed by atoms with Crippen LogP contribution in [0.2, 0.25) is 0 Å². The Morgan fingerprint density at radius 2 is 1.75 bits per heavy atom. The average molecular weight is 222 g/mol. The molecule has 0 aliphatic carbocycles. The van der Waals surface area contributed by atoms with Gasteiger partial charge in [0.2, 0.25) is 6.29 Å². The molecule has 16 heavy (non-hydrogen) atoms. The maximum atomic E-state index is 11.3. The molecule has 0 fully saturated rings. The Bertz CT molecular complexity index is 407.